The molecule has 1 heterocycles. The average Bonchev–Trinajstić information content (AvgIpc) is 2.90. The van der Waals surface area contributed by atoms with Gasteiger partial charge in [-0.15, -0.1) is 0 Å². The SMILES string of the molecule is CCCCC1OC(=O)C(Cc2ccccc2)=C1[Se]c1ccccc1. The number of unbranched alkanes of at least 4 members (excludes halogenated alkanes) is 1. The van der Waals surface area contributed by atoms with Gasteiger partial charge in [-0.3, -0.25) is 0 Å². The minimum absolute atomic E-state index is 0.0311. The van der Waals surface area contributed by atoms with E-state index in [0.29, 0.717) is 6.42 Å². The van der Waals surface area contributed by atoms with E-state index in [1.165, 1.54) is 14.5 Å². The number of carbonyl (C=O) groups excluding carboxylic acids is 1. The molecule has 0 aromatic heterocycles. The van der Waals surface area contributed by atoms with Crippen LogP contribution < -0.4 is 4.46 Å². The van der Waals surface area contributed by atoms with Crippen molar-refractivity contribution < 1.29 is 9.53 Å². The average molecular weight is 385 g/mol. The molecule has 124 valence electrons. The van der Waals surface area contributed by atoms with E-state index < -0.39 is 0 Å². The zero-order valence-electron chi connectivity index (χ0n) is 13.9. The fourth-order valence-electron chi connectivity index (χ4n) is 2.83. The Morgan fingerprint density at radius 3 is 2.33 bits per heavy atom. The van der Waals surface area contributed by atoms with Gasteiger partial charge < -0.3 is 0 Å². The van der Waals surface area contributed by atoms with Gasteiger partial charge in [-0.05, 0) is 0 Å². The zero-order chi connectivity index (χ0) is 16.8. The van der Waals surface area contributed by atoms with Crippen LogP contribution >= 0.6 is 0 Å². The Morgan fingerprint density at radius 1 is 1.00 bits per heavy atom. The topological polar surface area (TPSA) is 26.3 Å². The summed E-state index contributed by atoms with van der Waals surface area (Å²) in [6, 6.07) is 20.6. The molecule has 1 atom stereocenters. The molecule has 0 spiro atoms. The van der Waals surface area contributed by atoms with Gasteiger partial charge in [0.1, 0.15) is 0 Å². The molecule has 1 aliphatic rings. The van der Waals surface area contributed by atoms with Crippen LogP contribution in [0, 0.1) is 0 Å². The van der Waals surface area contributed by atoms with Gasteiger partial charge in [-0.1, -0.05) is 0 Å². The second-order valence-corrected chi connectivity index (χ2v) is 8.30. The van der Waals surface area contributed by atoms with Crippen molar-refractivity contribution in [3.05, 3.63) is 76.3 Å². The van der Waals surface area contributed by atoms with Crippen molar-refractivity contribution >= 4 is 25.4 Å². The summed E-state index contributed by atoms with van der Waals surface area (Å²) in [5, 5.41) is 0. The van der Waals surface area contributed by atoms with Crippen molar-refractivity contribution in [1.82, 2.24) is 0 Å². The summed E-state index contributed by atoms with van der Waals surface area (Å²) >= 11 is 0.135. The molecular weight excluding hydrogens is 363 g/mol. The number of hydrogen-bond acceptors (Lipinski definition) is 2. The summed E-state index contributed by atoms with van der Waals surface area (Å²) in [5.74, 6) is -0.118. The molecule has 0 bridgehead atoms. The van der Waals surface area contributed by atoms with E-state index in [1.807, 2.05) is 24.3 Å². The van der Waals surface area contributed by atoms with Gasteiger partial charge in [-0.2, -0.15) is 0 Å². The van der Waals surface area contributed by atoms with Gasteiger partial charge in [-0.25, -0.2) is 0 Å². The van der Waals surface area contributed by atoms with Crippen LogP contribution in [0.25, 0.3) is 0 Å². The number of carbonyl (C=O) groups is 1. The van der Waals surface area contributed by atoms with E-state index in [4.69, 9.17) is 4.74 Å². The fourth-order valence-corrected chi connectivity index (χ4v) is 5.19. The van der Waals surface area contributed by atoms with Crippen LogP contribution in [0.4, 0.5) is 0 Å². The minimum atomic E-state index is -0.118. The number of rotatable bonds is 7. The first-order chi connectivity index (χ1) is 11.8. The molecule has 1 unspecified atom stereocenters. The Kier molecular flexibility index (Phi) is 5.90. The van der Waals surface area contributed by atoms with Crippen molar-refractivity contribution in [3.63, 3.8) is 0 Å². The monoisotopic (exact) mass is 386 g/mol. The predicted octanol–water partition coefficient (Wildman–Crippen LogP) is 3.63. The Hall–Kier alpha value is -1.83. The maximum atomic E-state index is 12.5. The third-order valence-electron chi connectivity index (χ3n) is 4.10. The van der Waals surface area contributed by atoms with E-state index >= 15 is 0 Å². The molecule has 0 fully saturated rings. The van der Waals surface area contributed by atoms with Crippen LogP contribution in [0.15, 0.2) is 70.7 Å². The Bertz CT molecular complexity index is 707. The Balaban J connectivity index is 1.89. The molecule has 0 radical (unpaired) electrons. The number of ether oxygens (including phenoxy) is 1. The Morgan fingerprint density at radius 2 is 1.67 bits per heavy atom. The molecular formula is C21H22O2Se. The summed E-state index contributed by atoms with van der Waals surface area (Å²) in [6.45, 7) is 2.17. The summed E-state index contributed by atoms with van der Waals surface area (Å²) in [7, 11) is 0. The number of cyclic esters (lactones) is 1. The van der Waals surface area contributed by atoms with Crippen LogP contribution in [-0.4, -0.2) is 27.0 Å². The molecule has 3 heteroatoms. The van der Waals surface area contributed by atoms with Gasteiger partial charge in [0.05, 0.1) is 0 Å². The third kappa shape index (κ3) is 4.17. The van der Waals surface area contributed by atoms with Crippen molar-refractivity contribution in [2.45, 2.75) is 38.7 Å². The molecule has 0 amide bonds. The maximum absolute atomic E-state index is 12.5. The van der Waals surface area contributed by atoms with E-state index in [1.54, 1.807) is 0 Å². The Labute approximate surface area is 150 Å². The normalized spacial score (nSPS) is 17.2. The molecule has 2 aromatic carbocycles. The molecule has 3 rings (SSSR count). The van der Waals surface area contributed by atoms with Crippen LogP contribution in [0.3, 0.4) is 0 Å². The summed E-state index contributed by atoms with van der Waals surface area (Å²) in [5.41, 5.74) is 2.05. The van der Waals surface area contributed by atoms with Crippen LogP contribution in [0.1, 0.15) is 31.7 Å². The first-order valence-electron chi connectivity index (χ1n) is 8.48. The van der Waals surface area contributed by atoms with Crippen molar-refractivity contribution in [2.75, 3.05) is 0 Å². The molecule has 0 N–H and O–H groups in total. The molecule has 1 aliphatic heterocycles. The summed E-state index contributed by atoms with van der Waals surface area (Å²) in [6.07, 6.45) is 3.78. The zero-order valence-corrected chi connectivity index (χ0v) is 15.6. The number of esters is 1. The van der Waals surface area contributed by atoms with Crippen molar-refractivity contribution in [3.8, 4) is 0 Å². The van der Waals surface area contributed by atoms with Crippen molar-refractivity contribution in [2.24, 2.45) is 0 Å². The second kappa shape index (κ2) is 8.32. The first kappa shape index (κ1) is 17.0. The van der Waals surface area contributed by atoms with Gasteiger partial charge in [0.25, 0.3) is 0 Å². The van der Waals surface area contributed by atoms with Gasteiger partial charge >= 0.3 is 150 Å². The number of benzene rings is 2. The van der Waals surface area contributed by atoms with Crippen LogP contribution in [-0.2, 0) is 16.0 Å². The van der Waals surface area contributed by atoms with E-state index in [0.717, 1.165) is 24.8 Å². The van der Waals surface area contributed by atoms with Gasteiger partial charge in [0, 0.05) is 0 Å². The van der Waals surface area contributed by atoms with E-state index in [9.17, 15) is 4.79 Å². The second-order valence-electron chi connectivity index (χ2n) is 5.96. The van der Waals surface area contributed by atoms with Crippen LogP contribution in [0.5, 0.6) is 0 Å². The van der Waals surface area contributed by atoms with Crippen LogP contribution in [0.2, 0.25) is 0 Å². The molecule has 24 heavy (non-hydrogen) atoms. The summed E-state index contributed by atoms with van der Waals surface area (Å²) < 4.78 is 8.26. The summed E-state index contributed by atoms with van der Waals surface area (Å²) in [4.78, 5) is 12.5. The molecule has 0 aliphatic carbocycles. The van der Waals surface area contributed by atoms with E-state index in [-0.39, 0.29) is 27.0 Å². The molecule has 0 saturated heterocycles. The molecule has 0 saturated carbocycles. The number of hydrogen-bond donors (Lipinski definition) is 0. The molecule has 2 nitrogen and oxygen atoms in total. The standard InChI is InChI=1S/C21H22O2Se/c1-2-3-14-19-20(24-17-12-8-5-9-13-17)18(21(22)23-19)15-16-10-6-4-7-11-16/h4-13,19H,2-3,14-15H2,1H3. The predicted molar refractivity (Wildman–Crippen MR) is 98.4 cm³/mol. The van der Waals surface area contributed by atoms with Gasteiger partial charge in [0.2, 0.25) is 0 Å². The first-order valence-corrected chi connectivity index (χ1v) is 10.2. The molecule has 2 aromatic rings. The van der Waals surface area contributed by atoms with E-state index in [2.05, 4.69) is 43.3 Å². The quantitative estimate of drug-likeness (QED) is 0.538. The van der Waals surface area contributed by atoms with Gasteiger partial charge in [0.15, 0.2) is 0 Å². The third-order valence-corrected chi connectivity index (χ3v) is 6.70. The fraction of sp³-hybridized carbons (Fsp3) is 0.286. The van der Waals surface area contributed by atoms with Crippen molar-refractivity contribution in [1.29, 1.82) is 0 Å².